The molecule has 2 atom stereocenters. The summed E-state index contributed by atoms with van der Waals surface area (Å²) in [6, 6.07) is 13.1. The van der Waals surface area contributed by atoms with Gasteiger partial charge in [0.1, 0.15) is 0 Å². The van der Waals surface area contributed by atoms with Crippen LogP contribution in [-0.2, 0) is 20.6 Å². The Hall–Kier alpha value is -1.94. The van der Waals surface area contributed by atoms with Crippen molar-refractivity contribution in [2.45, 2.75) is 42.6 Å². The third kappa shape index (κ3) is 7.09. The monoisotopic (exact) mass is 448 g/mol. The third-order valence-electron chi connectivity index (χ3n) is 4.98. The molecular weight excluding hydrogens is 420 g/mol. The van der Waals surface area contributed by atoms with Gasteiger partial charge in [-0.15, -0.1) is 11.8 Å². The number of piperidine rings is 1. The van der Waals surface area contributed by atoms with Gasteiger partial charge in [-0.05, 0) is 56.1 Å². The zero-order valence-electron chi connectivity index (χ0n) is 17.2. The highest BCUT2D eigenvalue weighted by atomic mass is 32.2. The predicted molar refractivity (Wildman–Crippen MR) is 121 cm³/mol. The highest BCUT2D eigenvalue weighted by Gasteiger charge is 2.28. The van der Waals surface area contributed by atoms with Gasteiger partial charge < -0.3 is 5.32 Å². The Morgan fingerprint density at radius 1 is 1.30 bits per heavy atom. The number of thioether (sulfide) groups is 1. The van der Waals surface area contributed by atoms with Crippen LogP contribution in [-0.4, -0.2) is 55.6 Å². The second kappa shape index (κ2) is 10.4. The Kier molecular flexibility index (Phi) is 7.87. The molecule has 0 unspecified atom stereocenters. The molecule has 1 fully saturated rings. The minimum absolute atomic E-state index is 0.0930. The van der Waals surface area contributed by atoms with Gasteiger partial charge >= 0.3 is 0 Å². The van der Waals surface area contributed by atoms with Crippen LogP contribution in [0.4, 0.5) is 5.69 Å². The van der Waals surface area contributed by atoms with Crippen LogP contribution in [0.25, 0.3) is 0 Å². The van der Waals surface area contributed by atoms with E-state index >= 15 is 0 Å². The Labute approximate surface area is 182 Å². The summed E-state index contributed by atoms with van der Waals surface area (Å²) in [7, 11) is -3.26. The second-order valence-corrected chi connectivity index (χ2v) is 10.3. The van der Waals surface area contributed by atoms with Crippen molar-refractivity contribution in [3.63, 3.8) is 0 Å². The highest BCUT2D eigenvalue weighted by molar-refractivity contribution is 7.98. The summed E-state index contributed by atoms with van der Waals surface area (Å²) in [6.07, 6.45) is 4.58. The molecule has 2 aromatic rings. The summed E-state index contributed by atoms with van der Waals surface area (Å²) in [5.74, 6) is 0.672. The number of carbonyl (C=O) groups is 1. The van der Waals surface area contributed by atoms with Crippen molar-refractivity contribution < 1.29 is 13.2 Å². The number of benzene rings is 1. The minimum atomic E-state index is -3.26. The molecule has 0 saturated carbocycles. The molecule has 2 N–H and O–H groups in total. The molecule has 0 radical (unpaired) electrons. The number of pyridine rings is 1. The molecule has 1 amide bonds. The average molecular weight is 449 g/mol. The summed E-state index contributed by atoms with van der Waals surface area (Å²) >= 11 is 1.65. The fourth-order valence-corrected chi connectivity index (χ4v) is 5.10. The van der Waals surface area contributed by atoms with E-state index in [1.807, 2.05) is 54.3 Å². The summed E-state index contributed by atoms with van der Waals surface area (Å²) in [4.78, 5) is 19.1. The number of aromatic nitrogens is 1. The molecule has 162 valence electrons. The van der Waals surface area contributed by atoms with Crippen LogP contribution in [0.2, 0.25) is 0 Å². The molecule has 1 saturated heterocycles. The standard InChI is InChI=1S/C21H28N4O3S2/c1-16(25-12-6-9-19(14-25)24-30(2,27)28)21(26)23-18-8-5-7-17(13-18)15-29-20-10-3-4-11-22-20/h3-5,7-8,10-11,13,16,19,24H,6,9,12,14-15H2,1-2H3,(H,23,26)/t16-,19+/m1/s1. The first-order chi connectivity index (χ1) is 14.3. The first-order valence-corrected chi connectivity index (χ1v) is 12.8. The van der Waals surface area contributed by atoms with E-state index < -0.39 is 10.0 Å². The molecule has 0 bridgehead atoms. The smallest absolute Gasteiger partial charge is 0.241 e. The Morgan fingerprint density at radius 2 is 2.13 bits per heavy atom. The quantitative estimate of drug-likeness (QED) is 0.604. The van der Waals surface area contributed by atoms with Crippen LogP contribution in [0, 0.1) is 0 Å². The number of carbonyl (C=O) groups excluding carboxylic acids is 1. The Balaban J connectivity index is 1.55. The van der Waals surface area contributed by atoms with Gasteiger partial charge in [0.15, 0.2) is 0 Å². The average Bonchev–Trinajstić information content (AvgIpc) is 2.72. The van der Waals surface area contributed by atoms with Crippen LogP contribution < -0.4 is 10.0 Å². The molecule has 7 nitrogen and oxygen atoms in total. The molecule has 0 aliphatic carbocycles. The fourth-order valence-electron chi connectivity index (χ4n) is 3.50. The first kappa shape index (κ1) is 22.7. The number of hydrogen-bond acceptors (Lipinski definition) is 6. The van der Waals surface area contributed by atoms with Gasteiger partial charge in [0.05, 0.1) is 17.3 Å². The SMILES string of the molecule is C[C@H](C(=O)Nc1cccc(CSc2ccccn2)c1)N1CCC[C@H](NS(C)(=O)=O)C1. The molecule has 1 aliphatic heterocycles. The van der Waals surface area contributed by atoms with Crippen LogP contribution in [0.15, 0.2) is 53.7 Å². The third-order valence-corrected chi connectivity index (χ3v) is 6.76. The van der Waals surface area contributed by atoms with Crippen LogP contribution in [0.3, 0.4) is 0 Å². The van der Waals surface area contributed by atoms with Crippen LogP contribution >= 0.6 is 11.8 Å². The van der Waals surface area contributed by atoms with E-state index in [0.29, 0.717) is 6.54 Å². The van der Waals surface area contributed by atoms with E-state index in [1.165, 1.54) is 6.26 Å². The number of sulfonamides is 1. The molecule has 2 heterocycles. The molecule has 1 aromatic carbocycles. The largest absolute Gasteiger partial charge is 0.325 e. The number of amides is 1. The van der Waals surface area contributed by atoms with E-state index in [1.54, 1.807) is 18.0 Å². The summed E-state index contributed by atoms with van der Waals surface area (Å²) < 4.78 is 25.7. The number of anilines is 1. The lowest BCUT2D eigenvalue weighted by Crippen LogP contribution is -2.52. The number of likely N-dealkylation sites (tertiary alicyclic amines) is 1. The van der Waals surface area contributed by atoms with Crippen molar-refractivity contribution in [2.75, 3.05) is 24.7 Å². The van der Waals surface area contributed by atoms with Crippen LogP contribution in [0.1, 0.15) is 25.3 Å². The van der Waals surface area contributed by atoms with E-state index in [4.69, 9.17) is 0 Å². The summed E-state index contributed by atoms with van der Waals surface area (Å²) in [5.41, 5.74) is 1.86. The summed E-state index contributed by atoms with van der Waals surface area (Å²) in [6.45, 7) is 3.17. The van der Waals surface area contributed by atoms with Crippen molar-refractivity contribution in [1.29, 1.82) is 0 Å². The van der Waals surface area contributed by atoms with Gasteiger partial charge in [-0.2, -0.15) is 0 Å². The molecule has 9 heteroatoms. The van der Waals surface area contributed by atoms with E-state index in [9.17, 15) is 13.2 Å². The van der Waals surface area contributed by atoms with E-state index in [2.05, 4.69) is 15.0 Å². The molecular formula is C21H28N4O3S2. The maximum atomic E-state index is 12.8. The maximum Gasteiger partial charge on any atom is 0.241 e. The lowest BCUT2D eigenvalue weighted by molar-refractivity contribution is -0.121. The van der Waals surface area contributed by atoms with Crippen molar-refractivity contribution in [3.05, 3.63) is 54.2 Å². The number of nitrogens with zero attached hydrogens (tertiary/aromatic N) is 2. The van der Waals surface area contributed by atoms with Crippen molar-refractivity contribution >= 4 is 33.4 Å². The lowest BCUT2D eigenvalue weighted by atomic mass is 10.0. The van der Waals surface area contributed by atoms with Gasteiger partial charge in [0.2, 0.25) is 15.9 Å². The number of hydrogen-bond donors (Lipinski definition) is 2. The molecule has 3 rings (SSSR count). The topological polar surface area (TPSA) is 91.4 Å². The molecule has 30 heavy (non-hydrogen) atoms. The van der Waals surface area contributed by atoms with Gasteiger partial charge in [-0.1, -0.05) is 18.2 Å². The van der Waals surface area contributed by atoms with E-state index in [0.717, 1.165) is 41.4 Å². The Bertz CT molecular complexity index is 954. The van der Waals surface area contributed by atoms with Gasteiger partial charge in [0, 0.05) is 30.2 Å². The van der Waals surface area contributed by atoms with Gasteiger partial charge in [0.25, 0.3) is 0 Å². The number of rotatable bonds is 8. The number of nitrogens with one attached hydrogen (secondary N) is 2. The molecule has 1 aromatic heterocycles. The zero-order chi connectivity index (χ0) is 21.6. The van der Waals surface area contributed by atoms with Crippen LogP contribution in [0.5, 0.6) is 0 Å². The maximum absolute atomic E-state index is 12.8. The predicted octanol–water partition coefficient (Wildman–Crippen LogP) is 2.71. The summed E-state index contributed by atoms with van der Waals surface area (Å²) in [5, 5.41) is 3.96. The lowest BCUT2D eigenvalue weighted by Gasteiger charge is -2.36. The minimum Gasteiger partial charge on any atom is -0.325 e. The highest BCUT2D eigenvalue weighted by Crippen LogP contribution is 2.22. The first-order valence-electron chi connectivity index (χ1n) is 9.95. The zero-order valence-corrected chi connectivity index (χ0v) is 18.9. The molecule has 0 spiro atoms. The Morgan fingerprint density at radius 3 is 2.87 bits per heavy atom. The second-order valence-electron chi connectivity index (χ2n) is 7.55. The normalized spacial score (nSPS) is 18.7. The molecule has 1 aliphatic rings. The van der Waals surface area contributed by atoms with E-state index in [-0.39, 0.29) is 18.0 Å². The van der Waals surface area contributed by atoms with Gasteiger partial charge in [-0.3, -0.25) is 9.69 Å². The van der Waals surface area contributed by atoms with Gasteiger partial charge in [-0.25, -0.2) is 18.1 Å². The van der Waals surface area contributed by atoms with Crippen molar-refractivity contribution in [2.24, 2.45) is 0 Å². The van der Waals surface area contributed by atoms with Crippen molar-refractivity contribution in [3.8, 4) is 0 Å². The van der Waals surface area contributed by atoms with Crippen molar-refractivity contribution in [1.82, 2.24) is 14.6 Å². The fraction of sp³-hybridized carbons (Fsp3) is 0.429.